The highest BCUT2D eigenvalue weighted by Gasteiger charge is 2.30. The summed E-state index contributed by atoms with van der Waals surface area (Å²) in [6.07, 6.45) is -4.78. The lowest BCUT2D eigenvalue weighted by molar-refractivity contribution is -0.274. The molecule has 0 radical (unpaired) electrons. The average molecular weight is 418 g/mol. The van der Waals surface area contributed by atoms with E-state index in [2.05, 4.69) is 14.8 Å². The number of alkyl halides is 3. The minimum atomic E-state index is -4.78. The molecule has 0 saturated heterocycles. The van der Waals surface area contributed by atoms with Crippen LogP contribution in [0.25, 0.3) is 0 Å². The predicted molar refractivity (Wildman–Crippen MR) is 93.2 cm³/mol. The second-order valence-electron chi connectivity index (χ2n) is 5.47. The van der Waals surface area contributed by atoms with Gasteiger partial charge >= 0.3 is 6.36 Å². The van der Waals surface area contributed by atoms with E-state index in [0.717, 1.165) is 12.1 Å². The van der Waals surface area contributed by atoms with Crippen molar-refractivity contribution in [2.45, 2.75) is 17.8 Å². The first kappa shape index (κ1) is 21.5. The number of amides is 1. The topological polar surface area (TPSA) is 93.7 Å². The van der Waals surface area contributed by atoms with Crippen molar-refractivity contribution in [3.8, 4) is 11.5 Å². The first-order valence-electron chi connectivity index (χ1n) is 7.84. The monoisotopic (exact) mass is 418 g/mol. The molecule has 152 valence electrons. The highest BCUT2D eigenvalue weighted by molar-refractivity contribution is 7.89. The highest BCUT2D eigenvalue weighted by Crippen LogP contribution is 2.22. The molecule has 0 atom stereocenters. The lowest BCUT2D eigenvalue weighted by Gasteiger charge is -2.10. The predicted octanol–water partition coefficient (Wildman–Crippen LogP) is 2.19. The molecule has 0 heterocycles. The number of benzene rings is 2. The molecule has 0 unspecified atom stereocenters. The molecular weight excluding hydrogens is 401 g/mol. The molecule has 0 fully saturated rings. The Morgan fingerprint density at radius 1 is 1.00 bits per heavy atom. The van der Waals surface area contributed by atoms with Gasteiger partial charge in [-0.05, 0) is 42.0 Å². The molecule has 0 aliphatic heterocycles. The Morgan fingerprint density at radius 2 is 1.57 bits per heavy atom. The molecule has 2 N–H and O–H groups in total. The van der Waals surface area contributed by atoms with Gasteiger partial charge in [0.1, 0.15) is 11.5 Å². The largest absolute Gasteiger partial charge is 0.573 e. The molecule has 1 amide bonds. The van der Waals surface area contributed by atoms with E-state index >= 15 is 0 Å². The van der Waals surface area contributed by atoms with Crippen LogP contribution in [-0.2, 0) is 21.4 Å². The summed E-state index contributed by atoms with van der Waals surface area (Å²) in [4.78, 5) is 11.8. The summed E-state index contributed by atoms with van der Waals surface area (Å²) in [6.45, 7) is -0.487. The van der Waals surface area contributed by atoms with Crippen molar-refractivity contribution < 1.29 is 35.9 Å². The number of ether oxygens (including phenoxy) is 2. The summed E-state index contributed by atoms with van der Waals surface area (Å²) in [5.41, 5.74) is 0.515. The minimum Gasteiger partial charge on any atom is -0.497 e. The van der Waals surface area contributed by atoms with Crippen molar-refractivity contribution >= 4 is 15.9 Å². The third-order valence-electron chi connectivity index (χ3n) is 3.44. The number of hydrogen-bond donors (Lipinski definition) is 2. The van der Waals surface area contributed by atoms with Gasteiger partial charge in [-0.15, -0.1) is 13.2 Å². The van der Waals surface area contributed by atoms with E-state index in [1.807, 2.05) is 0 Å². The van der Waals surface area contributed by atoms with Gasteiger partial charge in [-0.25, -0.2) is 13.1 Å². The molecule has 0 saturated carbocycles. The van der Waals surface area contributed by atoms with E-state index in [1.165, 1.54) is 43.5 Å². The number of rotatable bonds is 8. The molecule has 0 bridgehead atoms. The van der Waals surface area contributed by atoms with Crippen LogP contribution in [0.2, 0.25) is 0 Å². The van der Waals surface area contributed by atoms with Gasteiger partial charge in [0.2, 0.25) is 15.9 Å². The lowest BCUT2D eigenvalue weighted by atomic mass is 10.2. The zero-order valence-electron chi connectivity index (χ0n) is 14.6. The highest BCUT2D eigenvalue weighted by atomic mass is 32.2. The molecule has 28 heavy (non-hydrogen) atoms. The fourth-order valence-electron chi connectivity index (χ4n) is 2.07. The minimum absolute atomic E-state index is 0.00932. The zero-order chi connectivity index (χ0) is 20.8. The Hall–Kier alpha value is -2.79. The number of hydrogen-bond acceptors (Lipinski definition) is 5. The maximum atomic E-state index is 12.1. The molecule has 0 spiro atoms. The van der Waals surface area contributed by atoms with Gasteiger partial charge in [0.05, 0.1) is 18.6 Å². The van der Waals surface area contributed by atoms with Gasteiger partial charge in [-0.1, -0.05) is 12.1 Å². The van der Waals surface area contributed by atoms with E-state index in [9.17, 15) is 26.4 Å². The van der Waals surface area contributed by atoms with Crippen LogP contribution in [0.4, 0.5) is 13.2 Å². The van der Waals surface area contributed by atoms with Crippen LogP contribution >= 0.6 is 0 Å². The van der Waals surface area contributed by atoms with Crippen LogP contribution in [0.5, 0.6) is 11.5 Å². The number of carbonyl (C=O) groups excluding carboxylic acids is 1. The van der Waals surface area contributed by atoms with Crippen LogP contribution in [0, 0.1) is 0 Å². The van der Waals surface area contributed by atoms with Gasteiger partial charge in [0.15, 0.2) is 0 Å². The molecular formula is C17H17F3N2O5S. The first-order valence-corrected chi connectivity index (χ1v) is 9.32. The number of carbonyl (C=O) groups is 1. The molecule has 0 aliphatic carbocycles. The molecule has 2 aromatic carbocycles. The van der Waals surface area contributed by atoms with Crippen molar-refractivity contribution in [2.24, 2.45) is 0 Å². The molecule has 2 rings (SSSR count). The van der Waals surface area contributed by atoms with Crippen molar-refractivity contribution in [2.75, 3.05) is 13.7 Å². The van der Waals surface area contributed by atoms with Gasteiger partial charge in [0.25, 0.3) is 0 Å². The summed E-state index contributed by atoms with van der Waals surface area (Å²) >= 11 is 0. The van der Waals surface area contributed by atoms with E-state index in [4.69, 9.17) is 4.74 Å². The molecule has 0 aliphatic rings. The summed E-state index contributed by atoms with van der Waals surface area (Å²) in [5, 5.41) is 2.46. The summed E-state index contributed by atoms with van der Waals surface area (Å²) in [7, 11) is -2.43. The van der Waals surface area contributed by atoms with Crippen LogP contribution in [-0.4, -0.2) is 34.3 Å². The smallest absolute Gasteiger partial charge is 0.497 e. The van der Waals surface area contributed by atoms with E-state index < -0.39 is 28.8 Å². The maximum absolute atomic E-state index is 12.1. The van der Waals surface area contributed by atoms with Crippen molar-refractivity contribution in [3.05, 3.63) is 54.1 Å². The standard InChI is InChI=1S/C17H17F3N2O5S/c1-26-13-6-8-15(9-7-13)28(24,25)22-11-16(23)21-10-12-2-4-14(5-3-12)27-17(18,19)20/h2-9,22H,10-11H2,1H3,(H,21,23). The summed E-state index contributed by atoms with van der Waals surface area (Å²) in [6, 6.07) is 10.5. The van der Waals surface area contributed by atoms with Gasteiger partial charge in [-0.2, -0.15) is 0 Å². The molecule has 7 nitrogen and oxygen atoms in total. The number of nitrogens with one attached hydrogen (secondary N) is 2. The maximum Gasteiger partial charge on any atom is 0.573 e. The Kier molecular flexibility index (Phi) is 6.86. The number of sulfonamides is 1. The van der Waals surface area contributed by atoms with Crippen LogP contribution in [0.15, 0.2) is 53.4 Å². The second kappa shape index (κ2) is 8.93. The third kappa shape index (κ3) is 6.74. The van der Waals surface area contributed by atoms with E-state index in [1.54, 1.807) is 0 Å². The molecule has 2 aromatic rings. The van der Waals surface area contributed by atoms with Gasteiger partial charge in [-0.3, -0.25) is 4.79 Å². The lowest BCUT2D eigenvalue weighted by Crippen LogP contribution is -2.36. The van der Waals surface area contributed by atoms with E-state index in [-0.39, 0.29) is 17.2 Å². The van der Waals surface area contributed by atoms with Crippen molar-refractivity contribution in [1.29, 1.82) is 0 Å². The second-order valence-corrected chi connectivity index (χ2v) is 7.24. The zero-order valence-corrected chi connectivity index (χ0v) is 15.4. The number of methoxy groups -OCH3 is 1. The van der Waals surface area contributed by atoms with Crippen LogP contribution < -0.4 is 19.5 Å². The Bertz CT molecular complexity index is 898. The van der Waals surface area contributed by atoms with Gasteiger partial charge < -0.3 is 14.8 Å². The van der Waals surface area contributed by atoms with Gasteiger partial charge in [0, 0.05) is 6.54 Å². The van der Waals surface area contributed by atoms with Crippen LogP contribution in [0.3, 0.4) is 0 Å². The summed E-state index contributed by atoms with van der Waals surface area (Å²) in [5.74, 6) is -0.495. The normalized spacial score (nSPS) is 11.7. The Labute approximate surface area is 159 Å². The fraction of sp³-hybridized carbons (Fsp3) is 0.235. The number of halogens is 3. The Morgan fingerprint density at radius 3 is 2.11 bits per heavy atom. The summed E-state index contributed by atoms with van der Waals surface area (Å²) < 4.78 is 71.4. The van der Waals surface area contributed by atoms with Crippen molar-refractivity contribution in [3.63, 3.8) is 0 Å². The first-order chi connectivity index (χ1) is 13.1. The quantitative estimate of drug-likeness (QED) is 0.686. The van der Waals surface area contributed by atoms with Crippen LogP contribution in [0.1, 0.15) is 5.56 Å². The molecule has 11 heteroatoms. The molecule has 0 aromatic heterocycles. The SMILES string of the molecule is COc1ccc(S(=O)(=O)NCC(=O)NCc2ccc(OC(F)(F)F)cc2)cc1. The average Bonchev–Trinajstić information content (AvgIpc) is 2.65. The fourth-order valence-corrected chi connectivity index (χ4v) is 3.05. The Balaban J connectivity index is 1.83. The third-order valence-corrected chi connectivity index (χ3v) is 4.86. The van der Waals surface area contributed by atoms with Crippen molar-refractivity contribution in [1.82, 2.24) is 10.0 Å². The van der Waals surface area contributed by atoms with E-state index in [0.29, 0.717) is 11.3 Å².